The van der Waals surface area contributed by atoms with Gasteiger partial charge in [0.1, 0.15) is 0 Å². The highest BCUT2D eigenvalue weighted by Crippen LogP contribution is 2.74. The lowest BCUT2D eigenvalue weighted by atomic mass is 9.35. The van der Waals surface area contributed by atoms with Crippen LogP contribution in [-0.4, -0.2) is 22.3 Å². The van der Waals surface area contributed by atoms with Crippen LogP contribution >= 0.6 is 0 Å². The van der Waals surface area contributed by atoms with Gasteiger partial charge in [0, 0.05) is 0 Å². The quantitative estimate of drug-likeness (QED) is 0.442. The molecule has 5 aliphatic carbocycles. The van der Waals surface area contributed by atoms with Crippen LogP contribution < -0.4 is 0 Å². The van der Waals surface area contributed by atoms with Crippen LogP contribution in [0.4, 0.5) is 0 Å². The van der Waals surface area contributed by atoms with E-state index >= 15 is 0 Å². The van der Waals surface area contributed by atoms with Gasteiger partial charge in [-0.2, -0.15) is 0 Å². The summed E-state index contributed by atoms with van der Waals surface area (Å²) < 4.78 is 0. The maximum Gasteiger partial charge on any atom is 0.309 e. The summed E-state index contributed by atoms with van der Waals surface area (Å²) in [7, 11) is 0. The zero-order valence-electron chi connectivity index (χ0n) is 22.1. The summed E-state index contributed by atoms with van der Waals surface area (Å²) in [6.07, 6.45) is 14.0. The van der Waals surface area contributed by atoms with Crippen molar-refractivity contribution in [1.82, 2.24) is 0 Å². The number of carboxylic acid groups (broad SMARTS) is 1. The van der Waals surface area contributed by atoms with Crippen molar-refractivity contribution in [3.8, 4) is 0 Å². The zero-order valence-corrected chi connectivity index (χ0v) is 22.1. The Morgan fingerprint density at radius 3 is 2.21 bits per heavy atom. The Balaban J connectivity index is 1.60. The maximum absolute atomic E-state index is 12.3. The lowest BCUT2D eigenvalue weighted by Gasteiger charge is -2.68. The van der Waals surface area contributed by atoms with Crippen molar-refractivity contribution in [3.05, 3.63) is 23.3 Å². The third kappa shape index (κ3) is 2.81. The Hall–Kier alpha value is -1.09. The predicted molar refractivity (Wildman–Crippen MR) is 133 cm³/mol. The summed E-state index contributed by atoms with van der Waals surface area (Å²) >= 11 is 0. The Labute approximate surface area is 201 Å². The lowest BCUT2D eigenvalue weighted by Crippen LogP contribution is -2.61. The Bertz CT molecular complexity index is 944. The van der Waals surface area contributed by atoms with E-state index in [0.29, 0.717) is 11.8 Å². The van der Waals surface area contributed by atoms with Crippen molar-refractivity contribution < 1.29 is 15.0 Å². The van der Waals surface area contributed by atoms with Crippen LogP contribution in [0.2, 0.25) is 0 Å². The molecular formula is C30H46O3. The molecule has 3 saturated carbocycles. The minimum Gasteiger partial charge on any atom is -0.481 e. The van der Waals surface area contributed by atoms with Gasteiger partial charge in [-0.1, -0.05) is 53.7 Å². The van der Waals surface area contributed by atoms with Crippen LogP contribution in [0.25, 0.3) is 0 Å². The average Bonchev–Trinajstić information content (AvgIpc) is 2.74. The van der Waals surface area contributed by atoms with Gasteiger partial charge in [-0.05, 0) is 115 Å². The van der Waals surface area contributed by atoms with Gasteiger partial charge in [-0.25, -0.2) is 0 Å². The van der Waals surface area contributed by atoms with E-state index in [0.717, 1.165) is 44.9 Å². The maximum atomic E-state index is 12.3. The molecule has 0 aromatic heterocycles. The van der Waals surface area contributed by atoms with Crippen LogP contribution in [0.15, 0.2) is 23.3 Å². The summed E-state index contributed by atoms with van der Waals surface area (Å²) in [5, 5.41) is 20.9. The largest absolute Gasteiger partial charge is 0.481 e. The van der Waals surface area contributed by atoms with Crippen molar-refractivity contribution in [2.24, 2.45) is 44.3 Å². The highest BCUT2D eigenvalue weighted by atomic mass is 16.4. The van der Waals surface area contributed by atoms with E-state index in [1.54, 1.807) is 11.1 Å². The molecule has 0 aliphatic heterocycles. The van der Waals surface area contributed by atoms with Crippen molar-refractivity contribution in [1.29, 1.82) is 0 Å². The first kappa shape index (κ1) is 23.6. The van der Waals surface area contributed by atoms with E-state index in [-0.39, 0.29) is 33.2 Å². The summed E-state index contributed by atoms with van der Waals surface area (Å²) in [4.78, 5) is 12.3. The Morgan fingerprint density at radius 2 is 1.55 bits per heavy atom. The predicted octanol–water partition coefficient (Wildman–Crippen LogP) is 7.15. The Kier molecular flexibility index (Phi) is 4.85. The fourth-order valence-corrected chi connectivity index (χ4v) is 9.79. The second kappa shape index (κ2) is 6.77. The molecular weight excluding hydrogens is 408 g/mol. The smallest absolute Gasteiger partial charge is 0.309 e. The van der Waals surface area contributed by atoms with Crippen molar-refractivity contribution in [2.75, 3.05) is 0 Å². The summed E-state index contributed by atoms with van der Waals surface area (Å²) in [5.74, 6) is 0.283. The number of carboxylic acids is 1. The van der Waals surface area contributed by atoms with Gasteiger partial charge in [-0.3, -0.25) is 4.79 Å². The molecule has 2 N–H and O–H groups in total. The van der Waals surface area contributed by atoms with E-state index in [2.05, 4.69) is 53.7 Å². The van der Waals surface area contributed by atoms with Crippen molar-refractivity contribution in [3.63, 3.8) is 0 Å². The number of hydrogen-bond donors (Lipinski definition) is 2. The molecule has 0 unspecified atom stereocenters. The molecule has 5 aliphatic rings. The molecule has 0 aromatic carbocycles. The first-order valence-electron chi connectivity index (χ1n) is 13.5. The fraction of sp³-hybridized carbons (Fsp3) is 0.833. The molecule has 33 heavy (non-hydrogen) atoms. The van der Waals surface area contributed by atoms with E-state index in [1.165, 1.54) is 12.8 Å². The van der Waals surface area contributed by atoms with Crippen LogP contribution in [-0.2, 0) is 4.79 Å². The molecule has 0 amide bonds. The number of fused-ring (bicyclic) bond motifs is 7. The van der Waals surface area contributed by atoms with E-state index < -0.39 is 11.4 Å². The summed E-state index contributed by atoms with van der Waals surface area (Å²) in [6.45, 7) is 16.5. The summed E-state index contributed by atoms with van der Waals surface area (Å²) in [6, 6.07) is 0. The number of allylic oxidation sites excluding steroid dienone is 4. The molecule has 0 saturated heterocycles. The highest BCUT2D eigenvalue weighted by Gasteiger charge is 2.66. The van der Waals surface area contributed by atoms with Gasteiger partial charge in [0.15, 0.2) is 0 Å². The molecule has 5 rings (SSSR count). The standard InChI is InChI=1S/C30H46O3/c1-25(2)21-9-8-20-19(28(21,5)12-11-23(25)31)10-13-30(7)22-18-27(4,24(32)33)15-14-26(22,3)16-17-29(20,30)6/h8,10,21-23,31H,9,11-18H2,1-7H3,(H,32,33)/t21-,22+,23-,26+,27+,28+,29+,30-/m0/s1. The number of hydrogen-bond acceptors (Lipinski definition) is 2. The van der Waals surface area contributed by atoms with E-state index in [9.17, 15) is 15.0 Å². The second-order valence-electron chi connectivity index (χ2n) is 14.5. The minimum atomic E-state index is -0.609. The van der Waals surface area contributed by atoms with Crippen LogP contribution in [0, 0.1) is 44.3 Å². The van der Waals surface area contributed by atoms with Crippen molar-refractivity contribution >= 4 is 5.97 Å². The number of aliphatic carboxylic acids is 1. The molecule has 184 valence electrons. The van der Waals surface area contributed by atoms with Crippen molar-refractivity contribution in [2.45, 2.75) is 112 Å². The molecule has 0 bridgehead atoms. The number of rotatable bonds is 1. The molecule has 3 nitrogen and oxygen atoms in total. The van der Waals surface area contributed by atoms with Gasteiger partial charge in [-0.15, -0.1) is 0 Å². The van der Waals surface area contributed by atoms with Gasteiger partial charge in [0.2, 0.25) is 0 Å². The lowest BCUT2D eigenvalue weighted by molar-refractivity contribution is -0.171. The molecule has 3 fully saturated rings. The average molecular weight is 455 g/mol. The summed E-state index contributed by atoms with van der Waals surface area (Å²) in [5.41, 5.74) is 3.01. The molecule has 0 spiro atoms. The second-order valence-corrected chi connectivity index (χ2v) is 14.5. The van der Waals surface area contributed by atoms with Crippen LogP contribution in [0.3, 0.4) is 0 Å². The molecule has 3 heteroatoms. The molecule has 0 aromatic rings. The topological polar surface area (TPSA) is 57.5 Å². The van der Waals surface area contributed by atoms with E-state index in [1.807, 2.05) is 6.92 Å². The Morgan fingerprint density at radius 1 is 0.879 bits per heavy atom. The molecule has 0 heterocycles. The third-order valence-electron chi connectivity index (χ3n) is 12.7. The number of carbonyl (C=O) groups is 1. The monoisotopic (exact) mass is 454 g/mol. The van der Waals surface area contributed by atoms with Gasteiger partial charge >= 0.3 is 5.97 Å². The molecule has 8 atom stereocenters. The van der Waals surface area contributed by atoms with Crippen LogP contribution in [0.5, 0.6) is 0 Å². The first-order valence-corrected chi connectivity index (χ1v) is 13.5. The number of aliphatic hydroxyl groups is 1. The van der Waals surface area contributed by atoms with Gasteiger partial charge in [0.05, 0.1) is 11.5 Å². The molecule has 0 radical (unpaired) electrons. The zero-order chi connectivity index (χ0) is 24.2. The highest BCUT2D eigenvalue weighted by molar-refractivity contribution is 5.74. The van der Waals surface area contributed by atoms with E-state index in [4.69, 9.17) is 0 Å². The fourth-order valence-electron chi connectivity index (χ4n) is 9.79. The van der Waals surface area contributed by atoms with Crippen LogP contribution in [0.1, 0.15) is 106 Å². The number of aliphatic hydroxyl groups excluding tert-OH is 1. The van der Waals surface area contributed by atoms with Gasteiger partial charge in [0.25, 0.3) is 0 Å². The SMILES string of the molecule is CC1(C)[C@@H](O)CC[C@]2(C)C3=CC[C@@]4(C)[C@@H]5C[C@](C)(C(=O)O)CC[C@]5(C)CC[C@]4(C)C3=CC[C@@H]12. The van der Waals surface area contributed by atoms with Gasteiger partial charge < -0.3 is 10.2 Å². The third-order valence-corrected chi connectivity index (χ3v) is 12.7. The first-order chi connectivity index (χ1) is 15.1. The normalized spacial score (nSPS) is 52.9. The minimum absolute atomic E-state index is 0.0741.